The molecule has 1 saturated heterocycles. The van der Waals surface area contributed by atoms with Crippen molar-refractivity contribution >= 4 is 15.9 Å². The van der Waals surface area contributed by atoms with E-state index in [-0.39, 0.29) is 23.8 Å². The van der Waals surface area contributed by atoms with Crippen LogP contribution in [-0.2, 0) is 21.4 Å². The lowest BCUT2D eigenvalue weighted by Crippen LogP contribution is -2.27. The molecule has 21 heavy (non-hydrogen) atoms. The number of carbonyl (C=O) groups excluding carboxylic acids is 1. The molecule has 1 aromatic rings. The molecule has 1 fully saturated rings. The minimum atomic E-state index is -3.39. The first-order valence-electron chi connectivity index (χ1n) is 6.77. The van der Waals surface area contributed by atoms with Crippen molar-refractivity contribution in [3.63, 3.8) is 0 Å². The summed E-state index contributed by atoms with van der Waals surface area (Å²) >= 11 is 0. The Morgan fingerprint density at radius 1 is 1.24 bits per heavy atom. The molecule has 1 aliphatic rings. The Kier molecular flexibility index (Phi) is 4.94. The second-order valence-electron chi connectivity index (χ2n) is 4.87. The van der Waals surface area contributed by atoms with Crippen molar-refractivity contribution in [3.05, 3.63) is 29.8 Å². The number of amides is 1. The molecule has 7 heteroatoms. The van der Waals surface area contributed by atoms with Gasteiger partial charge in [-0.3, -0.25) is 4.79 Å². The zero-order valence-corrected chi connectivity index (χ0v) is 12.4. The van der Waals surface area contributed by atoms with E-state index in [9.17, 15) is 13.2 Å². The third kappa shape index (κ3) is 3.80. The molecule has 1 aromatic carbocycles. The zero-order valence-electron chi connectivity index (χ0n) is 11.6. The molecule has 1 amide bonds. The van der Waals surface area contributed by atoms with Crippen LogP contribution in [0.1, 0.15) is 24.8 Å². The van der Waals surface area contributed by atoms with Crippen LogP contribution < -0.4 is 5.32 Å². The number of hydrogen-bond donors (Lipinski definition) is 1. The highest BCUT2D eigenvalue weighted by Gasteiger charge is 2.26. The fourth-order valence-electron chi connectivity index (χ4n) is 2.19. The molecule has 6 nitrogen and oxygen atoms in total. The molecule has 0 aromatic heterocycles. The van der Waals surface area contributed by atoms with Gasteiger partial charge in [-0.05, 0) is 30.5 Å². The standard InChI is InChI=1S/C14H17N3O3S/c15-8-7-14(18)16-11-12-3-5-13(6-4-12)21(19,20)17-9-1-2-10-17/h3-6H,1-2,7,9-11H2,(H,16,18). The van der Waals surface area contributed by atoms with Gasteiger partial charge in [0.2, 0.25) is 15.9 Å². The summed E-state index contributed by atoms with van der Waals surface area (Å²) in [6.07, 6.45) is 1.63. The molecule has 0 atom stereocenters. The molecular formula is C14H17N3O3S. The Hall–Kier alpha value is -1.91. The Morgan fingerprint density at radius 3 is 2.43 bits per heavy atom. The lowest BCUT2D eigenvalue weighted by molar-refractivity contribution is -0.120. The maximum atomic E-state index is 12.3. The van der Waals surface area contributed by atoms with Gasteiger partial charge >= 0.3 is 0 Å². The third-order valence-electron chi connectivity index (χ3n) is 3.36. The summed E-state index contributed by atoms with van der Waals surface area (Å²) in [5.41, 5.74) is 0.793. The van der Waals surface area contributed by atoms with Crippen molar-refractivity contribution in [2.24, 2.45) is 0 Å². The van der Waals surface area contributed by atoms with Crippen molar-refractivity contribution in [2.75, 3.05) is 13.1 Å². The van der Waals surface area contributed by atoms with Crippen molar-refractivity contribution in [3.8, 4) is 6.07 Å². The van der Waals surface area contributed by atoms with Crippen LogP contribution in [0.15, 0.2) is 29.2 Å². The monoisotopic (exact) mass is 307 g/mol. The van der Waals surface area contributed by atoms with Crippen LogP contribution in [0.25, 0.3) is 0 Å². The van der Waals surface area contributed by atoms with Crippen molar-refractivity contribution in [1.29, 1.82) is 5.26 Å². The number of nitriles is 1. The zero-order chi connectivity index (χ0) is 15.3. The van der Waals surface area contributed by atoms with Crippen LogP contribution in [0, 0.1) is 11.3 Å². The summed E-state index contributed by atoms with van der Waals surface area (Å²) in [5, 5.41) is 11.0. The summed E-state index contributed by atoms with van der Waals surface area (Å²) < 4.78 is 26.1. The minimum Gasteiger partial charge on any atom is -0.351 e. The first kappa shape index (κ1) is 15.5. The predicted octanol–water partition coefficient (Wildman–Crippen LogP) is 1.00. The van der Waals surface area contributed by atoms with Gasteiger partial charge in [0.25, 0.3) is 0 Å². The molecule has 1 heterocycles. The van der Waals surface area contributed by atoms with Crippen molar-refractivity contribution < 1.29 is 13.2 Å². The van der Waals surface area contributed by atoms with Gasteiger partial charge in [-0.2, -0.15) is 9.57 Å². The molecule has 0 spiro atoms. The number of sulfonamides is 1. The van der Waals surface area contributed by atoms with Crippen LogP contribution in [-0.4, -0.2) is 31.7 Å². The summed E-state index contributed by atoms with van der Waals surface area (Å²) in [6.45, 7) is 1.44. The average Bonchev–Trinajstić information content (AvgIpc) is 3.01. The lowest BCUT2D eigenvalue weighted by Gasteiger charge is -2.15. The van der Waals surface area contributed by atoms with Crippen LogP contribution in [0.3, 0.4) is 0 Å². The number of carbonyl (C=O) groups is 1. The molecule has 2 rings (SSSR count). The van der Waals surface area contributed by atoms with E-state index in [0.29, 0.717) is 13.1 Å². The van der Waals surface area contributed by atoms with Gasteiger partial charge in [-0.25, -0.2) is 8.42 Å². The predicted molar refractivity (Wildman–Crippen MR) is 76.5 cm³/mol. The van der Waals surface area contributed by atoms with Crippen LogP contribution in [0.4, 0.5) is 0 Å². The highest BCUT2D eigenvalue weighted by atomic mass is 32.2. The number of nitrogens with zero attached hydrogens (tertiary/aromatic N) is 2. The number of rotatable bonds is 5. The quantitative estimate of drug-likeness (QED) is 0.878. The highest BCUT2D eigenvalue weighted by Crippen LogP contribution is 2.20. The maximum absolute atomic E-state index is 12.3. The Bertz CT molecular complexity index is 641. The topological polar surface area (TPSA) is 90.3 Å². The molecule has 112 valence electrons. The smallest absolute Gasteiger partial charge is 0.243 e. The minimum absolute atomic E-state index is 0.179. The highest BCUT2D eigenvalue weighted by molar-refractivity contribution is 7.89. The van der Waals surface area contributed by atoms with Gasteiger partial charge in [0, 0.05) is 19.6 Å². The van der Waals surface area contributed by atoms with E-state index in [1.165, 1.54) is 4.31 Å². The lowest BCUT2D eigenvalue weighted by atomic mass is 10.2. The van der Waals surface area contributed by atoms with Crippen LogP contribution >= 0.6 is 0 Å². The number of benzene rings is 1. The van der Waals surface area contributed by atoms with Gasteiger partial charge in [-0.15, -0.1) is 0 Å². The molecule has 0 aliphatic carbocycles. The number of nitrogens with one attached hydrogen (secondary N) is 1. The summed E-state index contributed by atoms with van der Waals surface area (Å²) in [5.74, 6) is -0.341. The Morgan fingerprint density at radius 2 is 1.86 bits per heavy atom. The first-order valence-corrected chi connectivity index (χ1v) is 8.21. The fraction of sp³-hybridized carbons (Fsp3) is 0.429. The largest absolute Gasteiger partial charge is 0.351 e. The molecule has 1 aliphatic heterocycles. The summed E-state index contributed by atoms with van der Waals surface area (Å²) in [6, 6.07) is 8.23. The normalized spacial score (nSPS) is 15.6. The van der Waals surface area contributed by atoms with E-state index in [2.05, 4.69) is 5.32 Å². The molecule has 0 unspecified atom stereocenters. The van der Waals surface area contributed by atoms with Gasteiger partial charge in [0.15, 0.2) is 0 Å². The summed E-state index contributed by atoms with van der Waals surface area (Å²) in [4.78, 5) is 11.5. The van der Waals surface area contributed by atoms with E-state index in [1.54, 1.807) is 30.3 Å². The maximum Gasteiger partial charge on any atom is 0.243 e. The van der Waals surface area contributed by atoms with E-state index >= 15 is 0 Å². The van der Waals surface area contributed by atoms with E-state index in [4.69, 9.17) is 5.26 Å². The average molecular weight is 307 g/mol. The van der Waals surface area contributed by atoms with Gasteiger partial charge in [0.05, 0.1) is 11.0 Å². The van der Waals surface area contributed by atoms with Crippen molar-refractivity contribution in [2.45, 2.75) is 30.7 Å². The molecule has 0 saturated carbocycles. The SMILES string of the molecule is N#CCC(=O)NCc1ccc(S(=O)(=O)N2CCCC2)cc1. The van der Waals surface area contributed by atoms with Gasteiger partial charge < -0.3 is 5.32 Å². The van der Waals surface area contributed by atoms with Crippen LogP contribution in [0.2, 0.25) is 0 Å². The Labute approximate surface area is 124 Å². The van der Waals surface area contributed by atoms with Gasteiger partial charge in [-0.1, -0.05) is 12.1 Å². The second-order valence-corrected chi connectivity index (χ2v) is 6.80. The van der Waals surface area contributed by atoms with E-state index in [1.807, 2.05) is 0 Å². The van der Waals surface area contributed by atoms with Crippen molar-refractivity contribution in [1.82, 2.24) is 9.62 Å². The van der Waals surface area contributed by atoms with E-state index < -0.39 is 10.0 Å². The number of hydrogen-bond acceptors (Lipinski definition) is 4. The Balaban J connectivity index is 2.02. The molecule has 1 N–H and O–H groups in total. The molecular weight excluding hydrogens is 290 g/mol. The molecule has 0 bridgehead atoms. The van der Waals surface area contributed by atoms with Gasteiger partial charge in [0.1, 0.15) is 6.42 Å². The second kappa shape index (κ2) is 6.70. The first-order chi connectivity index (χ1) is 10.0. The summed E-state index contributed by atoms with van der Waals surface area (Å²) in [7, 11) is -3.39. The van der Waals surface area contributed by atoms with E-state index in [0.717, 1.165) is 18.4 Å². The molecule has 0 radical (unpaired) electrons. The third-order valence-corrected chi connectivity index (χ3v) is 5.27. The fourth-order valence-corrected chi connectivity index (χ4v) is 3.71. The van der Waals surface area contributed by atoms with Crippen LogP contribution in [0.5, 0.6) is 0 Å².